The van der Waals surface area contributed by atoms with Crippen molar-refractivity contribution in [1.29, 1.82) is 0 Å². The summed E-state index contributed by atoms with van der Waals surface area (Å²) in [5, 5.41) is 10.2. The molecule has 0 radical (unpaired) electrons. The molecule has 28 heavy (non-hydrogen) atoms. The van der Waals surface area contributed by atoms with Crippen LogP contribution in [-0.4, -0.2) is 11.2 Å². The molecule has 0 aromatic carbocycles. The molecule has 3 saturated carbocycles. The summed E-state index contributed by atoms with van der Waals surface area (Å²) in [5.41, 5.74) is 2.60. The second-order valence-corrected chi connectivity index (χ2v) is 12.2. The summed E-state index contributed by atoms with van der Waals surface area (Å²) in [4.78, 5) is 0. The molecular weight excluding hydrogens is 342 g/mol. The second-order valence-electron chi connectivity index (χ2n) is 12.2. The molecule has 8 atom stereocenters. The predicted molar refractivity (Wildman–Crippen MR) is 119 cm³/mol. The van der Waals surface area contributed by atoms with Crippen LogP contribution in [0.1, 0.15) is 105 Å². The zero-order chi connectivity index (χ0) is 20.1. The van der Waals surface area contributed by atoms with Crippen LogP contribution in [0.2, 0.25) is 0 Å². The van der Waals surface area contributed by atoms with Crippen molar-refractivity contribution in [2.75, 3.05) is 0 Å². The van der Waals surface area contributed by atoms with Gasteiger partial charge in [-0.1, -0.05) is 65.5 Å². The van der Waals surface area contributed by atoms with Crippen LogP contribution in [0, 0.1) is 46.3 Å². The summed E-state index contributed by atoms with van der Waals surface area (Å²) >= 11 is 0. The molecule has 4 aliphatic rings. The first kappa shape index (κ1) is 21.0. The SMILES string of the molecule is CC(C)CCC[C@@H](C)[C@H]1CC[C@H]2[C@@H]3CC=C4[13CH2][13CH](O)CC[C@]4(C)[C@H]3CC[C@]12C. The smallest absolute Gasteiger partial charge is 0.0577 e. The van der Waals surface area contributed by atoms with Crippen molar-refractivity contribution in [3.8, 4) is 0 Å². The maximum atomic E-state index is 10.2. The number of allylic oxidation sites excluding steroid dienone is 1. The van der Waals surface area contributed by atoms with Gasteiger partial charge in [0.05, 0.1) is 6.10 Å². The molecule has 0 aromatic rings. The van der Waals surface area contributed by atoms with Gasteiger partial charge in [-0.25, -0.2) is 0 Å². The maximum Gasteiger partial charge on any atom is 0.0577 e. The Balaban J connectivity index is 1.49. The van der Waals surface area contributed by atoms with Gasteiger partial charge in [-0.15, -0.1) is 0 Å². The lowest BCUT2D eigenvalue weighted by Crippen LogP contribution is -2.50. The molecule has 0 bridgehead atoms. The van der Waals surface area contributed by atoms with Gasteiger partial charge in [0.2, 0.25) is 0 Å². The van der Waals surface area contributed by atoms with Crippen LogP contribution in [0.15, 0.2) is 11.6 Å². The highest BCUT2D eigenvalue weighted by atomic mass is 16.4. The normalized spacial score (nSPS) is 46.5. The molecule has 1 heteroatoms. The lowest BCUT2D eigenvalue weighted by atomic mass is 9.48. The molecule has 1 N–H and O–H groups in total. The zero-order valence-electron chi connectivity index (χ0n) is 19.3. The first-order valence-electron chi connectivity index (χ1n) is 12.6. The van der Waals surface area contributed by atoms with E-state index >= 15 is 0 Å². The molecule has 0 aliphatic heterocycles. The fraction of sp³-hybridized carbons (Fsp3) is 0.926. The van der Waals surface area contributed by atoms with E-state index < -0.39 is 0 Å². The molecule has 0 aromatic heterocycles. The summed E-state index contributed by atoms with van der Waals surface area (Å²) in [5.74, 6) is 5.46. The van der Waals surface area contributed by atoms with Gasteiger partial charge in [0.25, 0.3) is 0 Å². The van der Waals surface area contributed by atoms with E-state index in [4.69, 9.17) is 0 Å². The van der Waals surface area contributed by atoms with Crippen LogP contribution in [0.5, 0.6) is 0 Å². The lowest BCUT2D eigenvalue weighted by Gasteiger charge is -2.58. The summed E-state index contributed by atoms with van der Waals surface area (Å²) in [6.07, 6.45) is 17.2. The van der Waals surface area contributed by atoms with E-state index in [-0.39, 0.29) is 6.10 Å². The van der Waals surface area contributed by atoms with Gasteiger partial charge >= 0.3 is 0 Å². The minimum Gasteiger partial charge on any atom is -0.393 e. The topological polar surface area (TPSA) is 20.2 Å². The Kier molecular flexibility index (Phi) is 5.80. The van der Waals surface area contributed by atoms with Gasteiger partial charge in [-0.3, -0.25) is 0 Å². The molecule has 0 amide bonds. The highest BCUT2D eigenvalue weighted by Gasteiger charge is 2.59. The van der Waals surface area contributed by atoms with E-state index in [9.17, 15) is 5.11 Å². The minimum atomic E-state index is -0.0766. The highest BCUT2D eigenvalue weighted by molar-refractivity contribution is 5.25. The predicted octanol–water partition coefficient (Wildman–Crippen LogP) is 7.39. The molecule has 4 rings (SSSR count). The maximum absolute atomic E-state index is 10.2. The van der Waals surface area contributed by atoms with Crippen molar-refractivity contribution in [2.24, 2.45) is 46.3 Å². The lowest BCUT2D eigenvalue weighted by molar-refractivity contribution is -0.0573. The average Bonchev–Trinajstić information content (AvgIpc) is 2.99. The van der Waals surface area contributed by atoms with Crippen LogP contribution >= 0.6 is 0 Å². The monoisotopic (exact) mass is 388 g/mol. The Morgan fingerprint density at radius 3 is 2.54 bits per heavy atom. The quantitative estimate of drug-likeness (QED) is 0.384. The van der Waals surface area contributed by atoms with Crippen molar-refractivity contribution in [3.05, 3.63) is 11.6 Å². The van der Waals surface area contributed by atoms with E-state index in [0.717, 1.165) is 48.3 Å². The Morgan fingerprint density at radius 2 is 1.79 bits per heavy atom. The number of hydrogen-bond acceptors (Lipinski definition) is 1. The molecular formula is C27H46O. The van der Waals surface area contributed by atoms with Crippen molar-refractivity contribution < 1.29 is 5.11 Å². The van der Waals surface area contributed by atoms with Gasteiger partial charge in [0.15, 0.2) is 0 Å². The van der Waals surface area contributed by atoms with Gasteiger partial charge in [0, 0.05) is 0 Å². The summed E-state index contributed by atoms with van der Waals surface area (Å²) < 4.78 is 0. The third kappa shape index (κ3) is 3.42. The first-order chi connectivity index (χ1) is 13.3. The van der Waals surface area contributed by atoms with Gasteiger partial charge < -0.3 is 5.11 Å². The largest absolute Gasteiger partial charge is 0.393 e. The van der Waals surface area contributed by atoms with Crippen molar-refractivity contribution >= 4 is 0 Å². The number of rotatable bonds is 5. The molecule has 0 saturated heterocycles. The fourth-order valence-electron chi connectivity index (χ4n) is 8.67. The Hall–Kier alpha value is -0.300. The number of aliphatic hydroxyl groups excluding tert-OH is 1. The first-order valence-corrected chi connectivity index (χ1v) is 12.6. The molecule has 160 valence electrons. The van der Waals surface area contributed by atoms with Gasteiger partial charge in [0.1, 0.15) is 0 Å². The number of hydrogen-bond donors (Lipinski definition) is 1. The Morgan fingerprint density at radius 1 is 1.00 bits per heavy atom. The minimum absolute atomic E-state index is 0.0766. The molecule has 1 nitrogen and oxygen atoms in total. The van der Waals surface area contributed by atoms with E-state index in [0.29, 0.717) is 10.8 Å². The van der Waals surface area contributed by atoms with Crippen LogP contribution in [0.25, 0.3) is 0 Å². The van der Waals surface area contributed by atoms with Crippen LogP contribution in [-0.2, 0) is 0 Å². The highest BCUT2D eigenvalue weighted by Crippen LogP contribution is 2.67. The molecule has 1 unspecified atom stereocenters. The summed E-state index contributed by atoms with van der Waals surface area (Å²) in [6, 6.07) is 0. The van der Waals surface area contributed by atoms with Crippen molar-refractivity contribution in [1.82, 2.24) is 0 Å². The third-order valence-corrected chi connectivity index (χ3v) is 10.3. The van der Waals surface area contributed by atoms with Crippen LogP contribution in [0.3, 0.4) is 0 Å². The standard InChI is InChI=1S/C27H46O/c1-18(2)7-6-8-19(3)23-11-12-24-22-10-9-20-17-21(28)13-15-26(20,4)25(22)14-16-27(23,24)5/h9,18-19,21-25,28H,6-8,10-17H2,1-5H3/t19-,21?,22+,23-,24+,25+,26+,27-/m1/s1/i17+1,21+1. The second kappa shape index (κ2) is 7.75. The number of fused-ring (bicyclic) bond motifs is 5. The third-order valence-electron chi connectivity index (χ3n) is 10.3. The van der Waals surface area contributed by atoms with E-state index in [1.54, 1.807) is 5.57 Å². The summed E-state index contributed by atoms with van der Waals surface area (Å²) in [7, 11) is 0. The molecule has 0 heterocycles. The van der Waals surface area contributed by atoms with E-state index in [2.05, 4.69) is 40.7 Å². The number of aliphatic hydroxyl groups is 1. The van der Waals surface area contributed by atoms with Gasteiger partial charge in [-0.2, -0.15) is 0 Å². The summed E-state index contributed by atoms with van der Waals surface area (Å²) in [6.45, 7) is 12.6. The average molecular weight is 389 g/mol. The van der Waals surface area contributed by atoms with Crippen molar-refractivity contribution in [2.45, 2.75) is 111 Å². The van der Waals surface area contributed by atoms with Crippen LogP contribution in [0.4, 0.5) is 0 Å². The Bertz CT molecular complexity index is 591. The Labute approximate surface area is 174 Å². The molecule has 3 fully saturated rings. The van der Waals surface area contributed by atoms with E-state index in [1.165, 1.54) is 57.8 Å². The molecule has 4 aliphatic carbocycles. The van der Waals surface area contributed by atoms with Crippen molar-refractivity contribution in [3.63, 3.8) is 0 Å². The van der Waals surface area contributed by atoms with Gasteiger partial charge in [-0.05, 0) is 97.7 Å². The van der Waals surface area contributed by atoms with Crippen LogP contribution < -0.4 is 0 Å². The fourth-order valence-corrected chi connectivity index (χ4v) is 8.67. The zero-order valence-corrected chi connectivity index (χ0v) is 19.3. The van der Waals surface area contributed by atoms with E-state index in [1.807, 2.05) is 0 Å². The molecule has 0 spiro atoms.